The second-order valence-electron chi connectivity index (χ2n) is 4.22. The molecule has 1 aliphatic heterocycles. The highest BCUT2D eigenvalue weighted by atomic mass is 35.5. The highest BCUT2D eigenvalue weighted by Gasteiger charge is 2.23. The van der Waals surface area contributed by atoms with E-state index >= 15 is 0 Å². The van der Waals surface area contributed by atoms with Gasteiger partial charge in [0.2, 0.25) is 5.91 Å². The zero-order chi connectivity index (χ0) is 13.0. The Hall–Kier alpha value is -0.320. The van der Waals surface area contributed by atoms with Crippen molar-refractivity contribution in [1.82, 2.24) is 5.32 Å². The number of hydrogen-bond donors (Lipinski definition) is 1. The van der Waals surface area contributed by atoms with Crippen LogP contribution in [0.1, 0.15) is 18.5 Å². The first-order valence-corrected chi connectivity index (χ1v) is 8.50. The van der Waals surface area contributed by atoms with Gasteiger partial charge in [0.25, 0.3) is 0 Å². The Morgan fingerprint density at radius 2 is 2.33 bits per heavy atom. The van der Waals surface area contributed by atoms with Gasteiger partial charge in [-0.3, -0.25) is 4.79 Å². The van der Waals surface area contributed by atoms with Crippen molar-refractivity contribution in [1.29, 1.82) is 0 Å². The monoisotopic (exact) mass is 301 g/mol. The molecule has 0 bridgehead atoms. The molecule has 0 aliphatic carbocycles. The van der Waals surface area contributed by atoms with Crippen LogP contribution in [0.2, 0.25) is 5.02 Å². The molecule has 1 fully saturated rings. The van der Waals surface area contributed by atoms with Gasteiger partial charge in [0.05, 0.1) is 11.3 Å². The summed E-state index contributed by atoms with van der Waals surface area (Å²) in [6.07, 6.45) is 0. The molecule has 18 heavy (non-hydrogen) atoms. The summed E-state index contributed by atoms with van der Waals surface area (Å²) < 4.78 is 0. The normalized spacial score (nSPS) is 21.3. The van der Waals surface area contributed by atoms with E-state index in [4.69, 9.17) is 11.6 Å². The van der Waals surface area contributed by atoms with E-state index in [-0.39, 0.29) is 17.2 Å². The SMILES string of the molecule is CC(NC(=O)C1CSCCS1)c1cccc(Cl)c1. The van der Waals surface area contributed by atoms with E-state index in [1.807, 2.05) is 43.0 Å². The highest BCUT2D eigenvalue weighted by molar-refractivity contribution is 8.07. The van der Waals surface area contributed by atoms with Crippen LogP contribution in [-0.2, 0) is 4.79 Å². The van der Waals surface area contributed by atoms with Crippen LogP contribution < -0.4 is 5.32 Å². The zero-order valence-electron chi connectivity index (χ0n) is 10.2. The summed E-state index contributed by atoms with van der Waals surface area (Å²) in [7, 11) is 0. The molecule has 0 saturated carbocycles. The number of carbonyl (C=O) groups excluding carboxylic acids is 1. The Kier molecular flexibility index (Phi) is 5.27. The fraction of sp³-hybridized carbons (Fsp3) is 0.462. The molecule has 98 valence electrons. The van der Waals surface area contributed by atoms with E-state index in [0.29, 0.717) is 5.02 Å². The van der Waals surface area contributed by atoms with Gasteiger partial charge < -0.3 is 5.32 Å². The minimum absolute atomic E-state index is 0.00345. The van der Waals surface area contributed by atoms with Crippen molar-refractivity contribution in [2.45, 2.75) is 18.2 Å². The van der Waals surface area contributed by atoms with Crippen LogP contribution >= 0.6 is 35.1 Å². The van der Waals surface area contributed by atoms with E-state index in [1.54, 1.807) is 11.8 Å². The van der Waals surface area contributed by atoms with Crippen molar-refractivity contribution in [2.75, 3.05) is 17.3 Å². The van der Waals surface area contributed by atoms with Gasteiger partial charge in [-0.25, -0.2) is 0 Å². The Balaban J connectivity index is 1.94. The molecule has 1 aliphatic rings. The summed E-state index contributed by atoms with van der Waals surface area (Å²) in [5.74, 6) is 3.27. The first kappa shape index (κ1) is 14.1. The lowest BCUT2D eigenvalue weighted by Crippen LogP contribution is -2.37. The third-order valence-electron chi connectivity index (χ3n) is 2.82. The molecule has 1 heterocycles. The summed E-state index contributed by atoms with van der Waals surface area (Å²) in [6, 6.07) is 7.64. The largest absolute Gasteiger partial charge is 0.349 e. The van der Waals surface area contributed by atoms with Crippen molar-refractivity contribution < 1.29 is 4.79 Å². The first-order valence-electron chi connectivity index (χ1n) is 5.92. The molecule has 2 atom stereocenters. The van der Waals surface area contributed by atoms with Gasteiger partial charge in [0.15, 0.2) is 0 Å². The van der Waals surface area contributed by atoms with Gasteiger partial charge in [0, 0.05) is 22.3 Å². The van der Waals surface area contributed by atoms with Crippen molar-refractivity contribution in [3.63, 3.8) is 0 Å². The number of benzene rings is 1. The molecule has 0 spiro atoms. The fourth-order valence-electron chi connectivity index (χ4n) is 1.80. The molecular weight excluding hydrogens is 286 g/mol. The van der Waals surface area contributed by atoms with E-state index in [0.717, 1.165) is 22.8 Å². The average molecular weight is 302 g/mol. The standard InChI is InChI=1S/C13H16ClNOS2/c1-9(10-3-2-4-11(14)7-10)15-13(16)12-8-17-5-6-18-12/h2-4,7,9,12H,5-6,8H2,1H3,(H,15,16). The summed E-state index contributed by atoms with van der Waals surface area (Å²) >= 11 is 9.56. The molecule has 5 heteroatoms. The summed E-state index contributed by atoms with van der Waals surface area (Å²) in [6.45, 7) is 1.99. The fourth-order valence-corrected chi connectivity index (χ4v) is 4.57. The molecular formula is C13H16ClNOS2. The topological polar surface area (TPSA) is 29.1 Å². The summed E-state index contributed by atoms with van der Waals surface area (Å²) in [4.78, 5) is 12.1. The maximum Gasteiger partial charge on any atom is 0.234 e. The molecule has 1 amide bonds. The Bertz CT molecular complexity index is 421. The molecule has 1 aromatic carbocycles. The number of rotatable bonds is 3. The third-order valence-corrected chi connectivity index (χ3v) is 5.81. The lowest BCUT2D eigenvalue weighted by molar-refractivity contribution is -0.120. The minimum Gasteiger partial charge on any atom is -0.349 e. The Morgan fingerprint density at radius 3 is 3.00 bits per heavy atom. The minimum atomic E-state index is 0.00345. The number of halogens is 1. The Morgan fingerprint density at radius 1 is 1.50 bits per heavy atom. The molecule has 2 rings (SSSR count). The van der Waals surface area contributed by atoms with E-state index in [9.17, 15) is 4.79 Å². The maximum absolute atomic E-state index is 12.1. The molecule has 1 saturated heterocycles. The van der Waals surface area contributed by atoms with Crippen LogP contribution in [0, 0.1) is 0 Å². The van der Waals surface area contributed by atoms with Crippen LogP contribution in [0.15, 0.2) is 24.3 Å². The number of amides is 1. The Labute approximate surface area is 121 Å². The van der Waals surface area contributed by atoms with E-state index in [2.05, 4.69) is 5.32 Å². The van der Waals surface area contributed by atoms with Gasteiger partial charge >= 0.3 is 0 Å². The first-order chi connectivity index (χ1) is 8.66. The number of nitrogens with one attached hydrogen (secondary N) is 1. The van der Waals surface area contributed by atoms with Crippen LogP contribution in [0.25, 0.3) is 0 Å². The molecule has 0 aromatic heterocycles. The quantitative estimate of drug-likeness (QED) is 0.928. The van der Waals surface area contributed by atoms with Crippen LogP contribution in [0.5, 0.6) is 0 Å². The second kappa shape index (κ2) is 6.73. The molecule has 2 nitrogen and oxygen atoms in total. The van der Waals surface area contributed by atoms with Crippen molar-refractivity contribution in [2.24, 2.45) is 0 Å². The maximum atomic E-state index is 12.1. The van der Waals surface area contributed by atoms with Crippen molar-refractivity contribution in [3.05, 3.63) is 34.9 Å². The number of thioether (sulfide) groups is 2. The van der Waals surface area contributed by atoms with Crippen molar-refractivity contribution >= 4 is 41.0 Å². The van der Waals surface area contributed by atoms with Crippen molar-refractivity contribution in [3.8, 4) is 0 Å². The van der Waals surface area contributed by atoms with Gasteiger partial charge in [-0.1, -0.05) is 23.7 Å². The second-order valence-corrected chi connectivity index (χ2v) is 7.12. The molecule has 1 N–H and O–H groups in total. The predicted octanol–water partition coefficient (Wildman–Crippen LogP) is 3.37. The smallest absolute Gasteiger partial charge is 0.234 e. The molecule has 1 aromatic rings. The van der Waals surface area contributed by atoms with E-state index < -0.39 is 0 Å². The van der Waals surface area contributed by atoms with Crippen LogP contribution in [0.4, 0.5) is 0 Å². The van der Waals surface area contributed by atoms with Crippen LogP contribution in [0.3, 0.4) is 0 Å². The van der Waals surface area contributed by atoms with Gasteiger partial charge in [-0.15, -0.1) is 11.8 Å². The van der Waals surface area contributed by atoms with E-state index in [1.165, 1.54) is 0 Å². The highest BCUT2D eigenvalue weighted by Crippen LogP contribution is 2.25. The number of carbonyl (C=O) groups is 1. The predicted molar refractivity (Wildman–Crippen MR) is 81.6 cm³/mol. The van der Waals surface area contributed by atoms with Gasteiger partial charge in [-0.05, 0) is 24.6 Å². The summed E-state index contributed by atoms with van der Waals surface area (Å²) in [5, 5.41) is 3.85. The zero-order valence-corrected chi connectivity index (χ0v) is 12.6. The third kappa shape index (κ3) is 3.84. The average Bonchev–Trinajstić information content (AvgIpc) is 2.39. The molecule has 2 unspecified atom stereocenters. The summed E-state index contributed by atoms with van der Waals surface area (Å²) in [5.41, 5.74) is 1.05. The lowest BCUT2D eigenvalue weighted by Gasteiger charge is -2.23. The molecule has 0 radical (unpaired) electrons. The lowest BCUT2D eigenvalue weighted by atomic mass is 10.1. The van der Waals surface area contributed by atoms with Gasteiger partial charge in [0.1, 0.15) is 0 Å². The van der Waals surface area contributed by atoms with Gasteiger partial charge in [-0.2, -0.15) is 11.8 Å². The number of hydrogen-bond acceptors (Lipinski definition) is 3. The van der Waals surface area contributed by atoms with Crippen LogP contribution in [-0.4, -0.2) is 28.4 Å².